The molecular weight excluding hydrogens is 541 g/mol. The summed E-state index contributed by atoms with van der Waals surface area (Å²) in [5.41, 5.74) is 3.66. The Kier molecular flexibility index (Phi) is 8.74. The summed E-state index contributed by atoms with van der Waals surface area (Å²) in [7, 11) is 3.97. The molecule has 1 aliphatic heterocycles. The van der Waals surface area contributed by atoms with Crippen molar-refractivity contribution < 1.29 is 18.0 Å². The number of halogens is 3. The molecule has 2 aromatic carbocycles. The van der Waals surface area contributed by atoms with Gasteiger partial charge in [0, 0.05) is 68.2 Å². The largest absolute Gasteiger partial charge is 0.416 e. The number of aryl methyl sites for hydroxylation is 1. The number of hydrogen-bond acceptors (Lipinski definition) is 7. The van der Waals surface area contributed by atoms with E-state index in [0.717, 1.165) is 47.8 Å². The first-order chi connectivity index (χ1) is 20.1. The third-order valence-electron chi connectivity index (χ3n) is 7.80. The zero-order valence-corrected chi connectivity index (χ0v) is 23.9. The Balaban J connectivity index is 1.32. The fourth-order valence-corrected chi connectivity index (χ4v) is 5.33. The lowest BCUT2D eigenvalue weighted by Crippen LogP contribution is -2.31. The van der Waals surface area contributed by atoms with E-state index in [1.807, 2.05) is 44.1 Å². The van der Waals surface area contributed by atoms with Crippen molar-refractivity contribution in [1.82, 2.24) is 29.7 Å². The number of nitrogens with zero attached hydrogens (tertiary/aromatic N) is 6. The zero-order chi connectivity index (χ0) is 29.9. The van der Waals surface area contributed by atoms with E-state index in [-0.39, 0.29) is 29.9 Å². The highest BCUT2D eigenvalue weighted by atomic mass is 19.4. The van der Waals surface area contributed by atoms with Gasteiger partial charge in [-0.1, -0.05) is 30.3 Å². The molecule has 42 heavy (non-hydrogen) atoms. The third kappa shape index (κ3) is 7.06. The van der Waals surface area contributed by atoms with Crippen molar-refractivity contribution in [3.8, 4) is 11.3 Å². The van der Waals surface area contributed by atoms with Gasteiger partial charge >= 0.3 is 6.18 Å². The molecule has 2 aromatic heterocycles. The fourth-order valence-electron chi connectivity index (χ4n) is 5.33. The summed E-state index contributed by atoms with van der Waals surface area (Å²) >= 11 is 0. The molecule has 218 valence electrons. The molecule has 0 radical (unpaired) electrons. The monoisotopic (exact) mass is 574 g/mol. The standard InChI is InChI=1S/C32H33F3N6O/c1-21-4-5-22(12-25(21)15-31-38-10-8-29(39-31)26-16-36-20-37-17-26)13-30(42)23-6-7-24(28(14-23)32(33,34)35)18-41-11-9-27(19-41)40(2)3/h4-8,10,12,14,16-17,20,27H,9,11,13,15,18-19H2,1-3H3. The Labute approximate surface area is 243 Å². The maximum absolute atomic E-state index is 14.1. The van der Waals surface area contributed by atoms with Crippen LogP contribution in [0, 0.1) is 6.92 Å². The van der Waals surface area contributed by atoms with E-state index in [1.165, 1.54) is 18.5 Å². The molecule has 7 nitrogen and oxygen atoms in total. The maximum Gasteiger partial charge on any atom is 0.416 e. The predicted molar refractivity (Wildman–Crippen MR) is 154 cm³/mol. The van der Waals surface area contributed by atoms with Crippen molar-refractivity contribution in [2.24, 2.45) is 0 Å². The minimum absolute atomic E-state index is 0.0111. The number of aromatic nitrogens is 4. The van der Waals surface area contributed by atoms with E-state index in [2.05, 4.69) is 24.8 Å². The normalized spacial score (nSPS) is 15.8. The molecule has 0 bridgehead atoms. The van der Waals surface area contributed by atoms with Crippen LogP contribution in [0.4, 0.5) is 13.2 Å². The van der Waals surface area contributed by atoms with Crippen molar-refractivity contribution in [1.29, 1.82) is 0 Å². The van der Waals surface area contributed by atoms with Gasteiger partial charge in [0.15, 0.2) is 5.78 Å². The fraction of sp³-hybridized carbons (Fsp3) is 0.344. The average Bonchev–Trinajstić information content (AvgIpc) is 3.44. The molecule has 0 aliphatic carbocycles. The van der Waals surface area contributed by atoms with Gasteiger partial charge in [0.05, 0.1) is 11.3 Å². The first kappa shape index (κ1) is 29.5. The Morgan fingerprint density at radius 3 is 2.55 bits per heavy atom. The van der Waals surface area contributed by atoms with E-state index in [9.17, 15) is 18.0 Å². The van der Waals surface area contributed by atoms with Crippen molar-refractivity contribution in [2.75, 3.05) is 27.2 Å². The van der Waals surface area contributed by atoms with Crippen LogP contribution >= 0.6 is 0 Å². The van der Waals surface area contributed by atoms with Gasteiger partial charge in [0.2, 0.25) is 0 Å². The van der Waals surface area contributed by atoms with Gasteiger partial charge in [0.25, 0.3) is 0 Å². The highest BCUT2D eigenvalue weighted by molar-refractivity contribution is 5.97. The minimum Gasteiger partial charge on any atom is -0.305 e. The Hall–Kier alpha value is -4.02. The predicted octanol–water partition coefficient (Wildman–Crippen LogP) is 5.41. The van der Waals surface area contributed by atoms with Crippen molar-refractivity contribution in [3.63, 3.8) is 0 Å². The molecule has 0 N–H and O–H groups in total. The van der Waals surface area contributed by atoms with Crippen LogP contribution in [-0.2, 0) is 25.6 Å². The lowest BCUT2D eigenvalue weighted by atomic mass is 9.95. The maximum atomic E-state index is 14.1. The molecule has 0 saturated carbocycles. The van der Waals surface area contributed by atoms with Crippen LogP contribution in [0.15, 0.2) is 67.4 Å². The number of Topliss-reactive ketones (excluding diaryl/α,β-unsaturated/α-hetero) is 1. The number of likely N-dealkylation sites (tertiary alicyclic amines) is 1. The summed E-state index contributed by atoms with van der Waals surface area (Å²) in [6, 6.07) is 11.8. The summed E-state index contributed by atoms with van der Waals surface area (Å²) < 4.78 is 42.2. The molecule has 10 heteroatoms. The third-order valence-corrected chi connectivity index (χ3v) is 7.80. The molecular formula is C32H33F3N6O. The topological polar surface area (TPSA) is 75.1 Å². The number of carbonyl (C=O) groups is 1. The lowest BCUT2D eigenvalue weighted by molar-refractivity contribution is -0.138. The summed E-state index contributed by atoms with van der Waals surface area (Å²) in [6.07, 6.45) is 3.29. The SMILES string of the molecule is Cc1ccc(CC(=O)c2ccc(CN3CCC(N(C)C)C3)c(C(F)(F)F)c2)cc1Cc1nccc(-c2cncnc2)n1. The van der Waals surface area contributed by atoms with Crippen LogP contribution < -0.4 is 0 Å². The zero-order valence-electron chi connectivity index (χ0n) is 23.9. The van der Waals surface area contributed by atoms with Gasteiger partial charge in [-0.05, 0) is 61.8 Å². The van der Waals surface area contributed by atoms with Crippen LogP contribution in [0.1, 0.15) is 50.4 Å². The Morgan fingerprint density at radius 1 is 1.05 bits per heavy atom. The van der Waals surface area contributed by atoms with Gasteiger partial charge in [-0.15, -0.1) is 0 Å². The molecule has 1 saturated heterocycles. The van der Waals surface area contributed by atoms with E-state index in [4.69, 9.17) is 0 Å². The quantitative estimate of drug-likeness (QED) is 0.248. The number of carbonyl (C=O) groups excluding carboxylic acids is 1. The minimum atomic E-state index is -4.55. The Morgan fingerprint density at radius 2 is 1.83 bits per heavy atom. The molecule has 1 aliphatic rings. The van der Waals surface area contributed by atoms with Gasteiger partial charge in [-0.2, -0.15) is 13.2 Å². The van der Waals surface area contributed by atoms with Crippen molar-refractivity contribution in [3.05, 3.63) is 107 Å². The molecule has 4 aromatic rings. The molecule has 0 amide bonds. The van der Waals surface area contributed by atoms with E-state index in [0.29, 0.717) is 24.0 Å². The second kappa shape index (κ2) is 12.5. The lowest BCUT2D eigenvalue weighted by Gasteiger charge is -2.22. The molecule has 1 atom stereocenters. The smallest absolute Gasteiger partial charge is 0.305 e. The van der Waals surface area contributed by atoms with Crippen LogP contribution in [-0.4, -0.2) is 68.7 Å². The first-order valence-electron chi connectivity index (χ1n) is 13.8. The van der Waals surface area contributed by atoms with Crippen LogP contribution in [0.3, 0.4) is 0 Å². The van der Waals surface area contributed by atoms with E-state index in [1.54, 1.807) is 24.7 Å². The second-order valence-electron chi connectivity index (χ2n) is 11.0. The number of ketones is 1. The number of likely N-dealkylation sites (N-methyl/N-ethyl adjacent to an activating group) is 1. The van der Waals surface area contributed by atoms with E-state index >= 15 is 0 Å². The van der Waals surface area contributed by atoms with Crippen LogP contribution in [0.25, 0.3) is 11.3 Å². The van der Waals surface area contributed by atoms with Crippen LogP contribution in [0.5, 0.6) is 0 Å². The number of rotatable bonds is 9. The van der Waals surface area contributed by atoms with Gasteiger partial charge < -0.3 is 4.90 Å². The molecule has 1 fully saturated rings. The number of hydrogen-bond donors (Lipinski definition) is 0. The summed E-state index contributed by atoms with van der Waals surface area (Å²) in [6.45, 7) is 3.63. The Bertz CT molecular complexity index is 1560. The average molecular weight is 575 g/mol. The molecule has 5 rings (SSSR count). The second-order valence-corrected chi connectivity index (χ2v) is 11.0. The van der Waals surface area contributed by atoms with Gasteiger partial charge in [0.1, 0.15) is 12.2 Å². The van der Waals surface area contributed by atoms with Crippen molar-refractivity contribution >= 4 is 5.78 Å². The summed E-state index contributed by atoms with van der Waals surface area (Å²) in [5.74, 6) is 0.237. The summed E-state index contributed by atoms with van der Waals surface area (Å²) in [4.78, 5) is 34.5. The first-order valence-corrected chi connectivity index (χ1v) is 13.8. The van der Waals surface area contributed by atoms with Crippen molar-refractivity contribution in [2.45, 2.75) is 44.9 Å². The van der Waals surface area contributed by atoms with Crippen LogP contribution in [0.2, 0.25) is 0 Å². The highest BCUT2D eigenvalue weighted by Crippen LogP contribution is 2.34. The molecule has 0 spiro atoms. The summed E-state index contributed by atoms with van der Waals surface area (Å²) in [5, 5.41) is 0. The van der Waals surface area contributed by atoms with E-state index < -0.39 is 11.7 Å². The number of alkyl halides is 3. The van der Waals surface area contributed by atoms with Gasteiger partial charge in [-0.25, -0.2) is 19.9 Å². The molecule has 1 unspecified atom stereocenters. The molecule has 3 heterocycles. The highest BCUT2D eigenvalue weighted by Gasteiger charge is 2.35. The van der Waals surface area contributed by atoms with Gasteiger partial charge in [-0.3, -0.25) is 9.69 Å². The number of benzene rings is 2.